The average molecular weight is 249 g/mol. The Morgan fingerprint density at radius 2 is 0.750 bits per heavy atom. The monoisotopic (exact) mass is 248 g/mol. The van der Waals surface area contributed by atoms with Crippen LogP contribution in [0.25, 0.3) is 0 Å². The van der Waals surface area contributed by atoms with Crippen LogP contribution in [0, 0.1) is 0 Å². The van der Waals surface area contributed by atoms with Crippen LogP contribution in [0.2, 0.25) is 27.6 Å². The van der Waals surface area contributed by atoms with Crippen LogP contribution in [0.4, 0.5) is 0 Å². The Bertz CT molecular complexity index is 103. The molecule has 0 fully saturated rings. The van der Waals surface area contributed by atoms with E-state index in [4.69, 9.17) is 19.4 Å². The van der Waals surface area contributed by atoms with Gasteiger partial charge in [0.2, 0.25) is 0 Å². The van der Waals surface area contributed by atoms with Gasteiger partial charge in [0.05, 0.1) is 0 Å². The molecule has 3 heteroatoms. The maximum atomic E-state index is 6.22. The summed E-state index contributed by atoms with van der Waals surface area (Å²) in [6.07, 6.45) is 0. The van der Waals surface area contributed by atoms with Crippen LogP contribution < -0.4 is 0 Å². The minimum absolute atomic E-state index is 1.94. The van der Waals surface area contributed by atoms with Gasteiger partial charge in [-0.05, 0) is 0 Å². The molecule has 58 valence electrons. The van der Waals surface area contributed by atoms with E-state index >= 15 is 0 Å². The van der Waals surface area contributed by atoms with Crippen molar-refractivity contribution in [2.45, 2.75) is 27.6 Å². The Hall–Kier alpha value is 1.20. The van der Waals surface area contributed by atoms with E-state index in [0.717, 1.165) is 0 Å². The standard InChI is InChI=1S/5CH3.2ClH.Rh/h5*1H3;2*1H;/q;;;;;;;+2/p-2. The molecule has 0 aliphatic heterocycles. The predicted molar refractivity (Wildman–Crippen MR) is 41.0 cm³/mol. The summed E-state index contributed by atoms with van der Waals surface area (Å²) in [6.45, 7) is 0. The van der Waals surface area contributed by atoms with Gasteiger partial charge in [0, 0.05) is 0 Å². The summed E-state index contributed by atoms with van der Waals surface area (Å²) in [7, 11) is 8.85. The van der Waals surface area contributed by atoms with Crippen molar-refractivity contribution >= 4 is 19.4 Å². The molecule has 0 rings (SSSR count). The van der Waals surface area contributed by atoms with Gasteiger partial charge in [-0.25, -0.2) is 0 Å². The molecule has 0 aliphatic rings. The van der Waals surface area contributed by atoms with E-state index in [-0.39, 0.29) is 0 Å². The van der Waals surface area contributed by atoms with E-state index < -0.39 is 9.27 Å². The molecular formula is C5H15Cl2Rh. The van der Waals surface area contributed by atoms with Gasteiger partial charge in [0.15, 0.2) is 0 Å². The van der Waals surface area contributed by atoms with Crippen LogP contribution in [-0.4, -0.2) is 0 Å². The first-order valence-corrected chi connectivity index (χ1v) is 14.3. The van der Waals surface area contributed by atoms with Crippen LogP contribution in [-0.2, 0) is 9.27 Å². The third-order valence-electron chi connectivity index (χ3n) is 0. The van der Waals surface area contributed by atoms with Crippen molar-refractivity contribution in [2.75, 3.05) is 0 Å². The normalized spacial score (nSPS) is 27.1. The van der Waals surface area contributed by atoms with Crippen molar-refractivity contribution in [3.8, 4) is 0 Å². The van der Waals surface area contributed by atoms with Crippen molar-refractivity contribution in [1.82, 2.24) is 0 Å². The van der Waals surface area contributed by atoms with E-state index in [0.29, 0.717) is 0 Å². The third-order valence-corrected chi connectivity index (χ3v) is 0. The quantitative estimate of drug-likeness (QED) is 0.561. The minimum atomic E-state index is -3.60. The third kappa shape index (κ3) is 191. The van der Waals surface area contributed by atoms with Crippen LogP contribution in [0.3, 0.4) is 0 Å². The fourth-order valence-corrected chi connectivity index (χ4v) is 0. The Balaban J connectivity index is 5.14. The average Bonchev–Trinajstić information content (AvgIpc) is 0.544. The Morgan fingerprint density at radius 1 is 0.750 bits per heavy atom. The number of hydrogen-bond acceptors (Lipinski definition) is 0. The SMILES string of the molecule is [CH3][Rh]([CH3])([CH3])([CH3])([CH3])([Cl])[Cl]. The molecule has 0 nitrogen and oxygen atoms in total. The van der Waals surface area contributed by atoms with E-state index in [1.54, 1.807) is 0 Å². The molecule has 0 spiro atoms. The van der Waals surface area contributed by atoms with Gasteiger partial charge in [0.25, 0.3) is 0 Å². The molecular weight excluding hydrogens is 234 g/mol. The summed E-state index contributed by atoms with van der Waals surface area (Å²) in [5, 5.41) is 0. The van der Waals surface area contributed by atoms with Crippen LogP contribution in [0.5, 0.6) is 0 Å². The van der Waals surface area contributed by atoms with Gasteiger partial charge in [0.1, 0.15) is 0 Å². The van der Waals surface area contributed by atoms with E-state index in [1.165, 1.54) is 0 Å². The zero-order valence-corrected chi connectivity index (χ0v) is 9.24. The van der Waals surface area contributed by atoms with E-state index in [2.05, 4.69) is 0 Å². The molecule has 0 amide bonds. The fraction of sp³-hybridized carbons (Fsp3) is 1.00. The van der Waals surface area contributed by atoms with E-state index in [1.807, 2.05) is 27.6 Å². The van der Waals surface area contributed by atoms with Crippen LogP contribution in [0.1, 0.15) is 0 Å². The van der Waals surface area contributed by atoms with Gasteiger partial charge in [-0.3, -0.25) is 0 Å². The number of rotatable bonds is 0. The molecule has 8 heavy (non-hydrogen) atoms. The molecule has 0 N–H and O–H groups in total. The topological polar surface area (TPSA) is 0 Å². The summed E-state index contributed by atoms with van der Waals surface area (Å²) < 4.78 is 0. The molecule has 0 heterocycles. The van der Waals surface area contributed by atoms with Crippen molar-refractivity contribution in [2.24, 2.45) is 0 Å². The summed E-state index contributed by atoms with van der Waals surface area (Å²) in [5.74, 6) is 0. The van der Waals surface area contributed by atoms with Crippen LogP contribution >= 0.6 is 19.4 Å². The van der Waals surface area contributed by atoms with Gasteiger partial charge < -0.3 is 0 Å². The van der Waals surface area contributed by atoms with Gasteiger partial charge >= 0.3 is 56.2 Å². The Labute approximate surface area is 56.2 Å². The molecule has 0 radical (unpaired) electrons. The van der Waals surface area contributed by atoms with Gasteiger partial charge in [-0.15, -0.1) is 0 Å². The van der Waals surface area contributed by atoms with Crippen LogP contribution in [0.15, 0.2) is 0 Å². The Morgan fingerprint density at radius 3 is 0.750 bits per heavy atom. The first kappa shape index (κ1) is 9.20. The summed E-state index contributed by atoms with van der Waals surface area (Å²) in [6, 6.07) is 0. The second-order valence-electron chi connectivity index (χ2n) is 4.64. The molecule has 0 unspecified atom stereocenters. The molecule has 0 saturated carbocycles. The summed E-state index contributed by atoms with van der Waals surface area (Å²) >= 11 is 0. The molecule has 0 aromatic carbocycles. The second-order valence-corrected chi connectivity index (χ2v) is 44.6. The zero-order valence-electron chi connectivity index (χ0n) is 6.09. The first-order valence-electron chi connectivity index (χ1n) is 1.92. The Kier molecular flexibility index (Phi) is 0.993. The molecule has 0 bridgehead atoms. The molecule has 0 aliphatic carbocycles. The van der Waals surface area contributed by atoms with Crippen molar-refractivity contribution < 1.29 is 9.27 Å². The molecule has 0 atom stereocenters. The van der Waals surface area contributed by atoms with Crippen molar-refractivity contribution in [3.05, 3.63) is 0 Å². The number of halogens is 2. The fourth-order valence-electron chi connectivity index (χ4n) is 0. The second kappa shape index (κ2) is 0.863. The van der Waals surface area contributed by atoms with Gasteiger partial charge in [-0.1, -0.05) is 0 Å². The maximum absolute atomic E-state index is 6.22. The zero-order chi connectivity index (χ0) is 7.38. The van der Waals surface area contributed by atoms with E-state index in [9.17, 15) is 0 Å². The van der Waals surface area contributed by atoms with Crippen molar-refractivity contribution in [1.29, 1.82) is 0 Å². The number of hydrogen-bond donors (Lipinski definition) is 0. The van der Waals surface area contributed by atoms with Gasteiger partial charge in [-0.2, -0.15) is 0 Å². The molecule has 0 saturated heterocycles. The molecule has 0 aromatic rings. The van der Waals surface area contributed by atoms with Crippen molar-refractivity contribution in [3.63, 3.8) is 0 Å². The summed E-state index contributed by atoms with van der Waals surface area (Å²) in [5.41, 5.74) is 9.72. The molecule has 0 aromatic heterocycles. The first-order chi connectivity index (χ1) is 2.65. The predicted octanol–water partition coefficient (Wildman–Crippen LogP) is 4.30. The summed E-state index contributed by atoms with van der Waals surface area (Å²) in [4.78, 5) is 0.